The predicted octanol–water partition coefficient (Wildman–Crippen LogP) is 2.08. The minimum absolute atomic E-state index is 0.612. The molecule has 17 heavy (non-hydrogen) atoms. The van der Waals surface area contributed by atoms with Gasteiger partial charge in [0.2, 0.25) is 0 Å². The number of hydrogen-bond acceptors (Lipinski definition) is 4. The lowest BCUT2D eigenvalue weighted by Crippen LogP contribution is -2.14. The van der Waals surface area contributed by atoms with Crippen LogP contribution in [0.4, 0.5) is 11.4 Å². The summed E-state index contributed by atoms with van der Waals surface area (Å²) in [6.07, 6.45) is 2.84. The Balaban J connectivity index is 2.47. The van der Waals surface area contributed by atoms with Crippen molar-refractivity contribution in [2.24, 2.45) is 0 Å². The summed E-state index contributed by atoms with van der Waals surface area (Å²) in [7, 11) is 0. The molecule has 4 nitrogen and oxygen atoms in total. The molecule has 0 spiro atoms. The molecule has 1 atom stereocenters. The molecule has 0 aliphatic heterocycles. The molecule has 2 rings (SSSR count). The standard InChI is InChI=1S/C13H15N3O/c1-9(17)16-13-3-2-11(14)8-12(13)10-4-6-15-7-5-10/h2-9,16-17H,14H2,1H3. The second kappa shape index (κ2) is 4.84. The number of nitrogen functional groups attached to an aromatic ring is 1. The van der Waals surface area contributed by atoms with E-state index in [9.17, 15) is 5.11 Å². The first-order valence-electron chi connectivity index (χ1n) is 5.41. The Bertz CT molecular complexity index is 497. The van der Waals surface area contributed by atoms with Gasteiger partial charge in [-0.3, -0.25) is 4.98 Å². The van der Waals surface area contributed by atoms with Gasteiger partial charge in [0.15, 0.2) is 0 Å². The first-order valence-corrected chi connectivity index (χ1v) is 5.41. The Morgan fingerprint density at radius 2 is 1.94 bits per heavy atom. The topological polar surface area (TPSA) is 71.2 Å². The highest BCUT2D eigenvalue weighted by atomic mass is 16.3. The van der Waals surface area contributed by atoms with Gasteiger partial charge in [-0.1, -0.05) is 0 Å². The van der Waals surface area contributed by atoms with Crippen LogP contribution in [0.5, 0.6) is 0 Å². The number of benzene rings is 1. The number of nitrogens with two attached hydrogens (primary N) is 1. The van der Waals surface area contributed by atoms with Crippen LogP contribution in [-0.4, -0.2) is 16.3 Å². The molecule has 0 aliphatic carbocycles. The van der Waals surface area contributed by atoms with Crippen LogP contribution in [0.1, 0.15) is 6.92 Å². The van der Waals surface area contributed by atoms with E-state index in [1.165, 1.54) is 0 Å². The third kappa shape index (κ3) is 2.73. The first kappa shape index (κ1) is 11.4. The highest BCUT2D eigenvalue weighted by Crippen LogP contribution is 2.29. The fourth-order valence-corrected chi connectivity index (χ4v) is 1.68. The minimum atomic E-state index is -0.612. The van der Waals surface area contributed by atoms with Crippen LogP contribution < -0.4 is 11.1 Å². The number of nitrogens with one attached hydrogen (secondary N) is 1. The molecular weight excluding hydrogens is 214 g/mol. The molecule has 4 heteroatoms. The van der Waals surface area contributed by atoms with Gasteiger partial charge in [0.1, 0.15) is 6.23 Å². The van der Waals surface area contributed by atoms with Crippen molar-refractivity contribution in [2.75, 3.05) is 11.1 Å². The average Bonchev–Trinajstić information content (AvgIpc) is 2.32. The lowest BCUT2D eigenvalue weighted by atomic mass is 10.0. The van der Waals surface area contributed by atoms with Crippen LogP contribution in [0.2, 0.25) is 0 Å². The molecule has 0 bridgehead atoms. The van der Waals surface area contributed by atoms with Crippen molar-refractivity contribution in [3.8, 4) is 11.1 Å². The third-order valence-electron chi connectivity index (χ3n) is 2.40. The van der Waals surface area contributed by atoms with E-state index in [-0.39, 0.29) is 0 Å². The number of hydrogen-bond donors (Lipinski definition) is 3. The summed E-state index contributed by atoms with van der Waals surface area (Å²) in [5.74, 6) is 0. The lowest BCUT2D eigenvalue weighted by molar-refractivity contribution is 0.224. The van der Waals surface area contributed by atoms with Crippen molar-refractivity contribution in [1.82, 2.24) is 4.98 Å². The first-order chi connectivity index (χ1) is 8.16. The Kier molecular flexibility index (Phi) is 3.25. The van der Waals surface area contributed by atoms with E-state index in [4.69, 9.17) is 5.73 Å². The predicted molar refractivity (Wildman–Crippen MR) is 69.4 cm³/mol. The van der Waals surface area contributed by atoms with Gasteiger partial charge in [-0.15, -0.1) is 0 Å². The zero-order valence-electron chi connectivity index (χ0n) is 9.59. The van der Waals surface area contributed by atoms with E-state index < -0.39 is 6.23 Å². The van der Waals surface area contributed by atoms with Crippen LogP contribution in [0.25, 0.3) is 11.1 Å². The molecule has 0 amide bonds. The highest BCUT2D eigenvalue weighted by molar-refractivity contribution is 5.80. The number of pyridine rings is 1. The van der Waals surface area contributed by atoms with Gasteiger partial charge in [-0.05, 0) is 42.8 Å². The van der Waals surface area contributed by atoms with Crippen molar-refractivity contribution >= 4 is 11.4 Å². The van der Waals surface area contributed by atoms with Gasteiger partial charge in [-0.2, -0.15) is 0 Å². The van der Waals surface area contributed by atoms with Crippen molar-refractivity contribution in [3.05, 3.63) is 42.7 Å². The number of aromatic nitrogens is 1. The molecule has 1 unspecified atom stereocenters. The summed E-state index contributed by atoms with van der Waals surface area (Å²) >= 11 is 0. The summed E-state index contributed by atoms with van der Waals surface area (Å²) < 4.78 is 0. The van der Waals surface area contributed by atoms with Crippen LogP contribution in [-0.2, 0) is 0 Å². The van der Waals surface area contributed by atoms with Crippen LogP contribution >= 0.6 is 0 Å². The molecule has 1 heterocycles. The molecule has 1 aromatic heterocycles. The molecule has 0 saturated carbocycles. The van der Waals surface area contributed by atoms with Crippen LogP contribution in [0.3, 0.4) is 0 Å². The zero-order chi connectivity index (χ0) is 12.3. The summed E-state index contributed by atoms with van der Waals surface area (Å²) in [6, 6.07) is 9.34. The fraction of sp³-hybridized carbons (Fsp3) is 0.154. The molecule has 0 aliphatic rings. The maximum absolute atomic E-state index is 9.39. The molecule has 4 N–H and O–H groups in total. The Morgan fingerprint density at radius 3 is 2.59 bits per heavy atom. The second-order valence-electron chi connectivity index (χ2n) is 3.86. The van der Waals surface area contributed by atoms with Crippen LogP contribution in [0, 0.1) is 0 Å². The third-order valence-corrected chi connectivity index (χ3v) is 2.40. The van der Waals surface area contributed by atoms with Crippen LogP contribution in [0.15, 0.2) is 42.7 Å². The largest absolute Gasteiger partial charge is 0.399 e. The molecule has 0 saturated heterocycles. The van der Waals surface area contributed by atoms with Crippen molar-refractivity contribution in [3.63, 3.8) is 0 Å². The van der Waals surface area contributed by atoms with E-state index in [1.54, 1.807) is 25.4 Å². The SMILES string of the molecule is CC(O)Nc1ccc(N)cc1-c1ccncc1. The maximum Gasteiger partial charge on any atom is 0.121 e. The summed E-state index contributed by atoms with van der Waals surface area (Å²) in [6.45, 7) is 1.67. The van der Waals surface area contributed by atoms with E-state index in [0.717, 1.165) is 16.8 Å². The van der Waals surface area contributed by atoms with Gasteiger partial charge in [-0.25, -0.2) is 0 Å². The normalized spacial score (nSPS) is 12.1. The zero-order valence-corrected chi connectivity index (χ0v) is 9.59. The molecule has 0 radical (unpaired) electrons. The quantitative estimate of drug-likeness (QED) is 0.556. The van der Waals surface area contributed by atoms with Gasteiger partial charge in [0.05, 0.1) is 0 Å². The Hall–Kier alpha value is -2.07. The number of aliphatic hydroxyl groups excluding tert-OH is 1. The van der Waals surface area contributed by atoms with E-state index in [2.05, 4.69) is 10.3 Å². The monoisotopic (exact) mass is 229 g/mol. The smallest absolute Gasteiger partial charge is 0.121 e. The number of rotatable bonds is 3. The van der Waals surface area contributed by atoms with Crippen molar-refractivity contribution in [2.45, 2.75) is 13.2 Å². The number of anilines is 2. The molecule has 88 valence electrons. The summed E-state index contributed by atoms with van der Waals surface area (Å²) in [5, 5.41) is 12.4. The van der Waals surface area contributed by atoms with E-state index in [1.807, 2.05) is 24.3 Å². The fourth-order valence-electron chi connectivity index (χ4n) is 1.68. The minimum Gasteiger partial charge on any atom is -0.399 e. The van der Waals surface area contributed by atoms with Crippen molar-refractivity contribution < 1.29 is 5.11 Å². The van der Waals surface area contributed by atoms with Gasteiger partial charge >= 0.3 is 0 Å². The molecule has 2 aromatic rings. The lowest BCUT2D eigenvalue weighted by Gasteiger charge is -2.14. The van der Waals surface area contributed by atoms with Gasteiger partial charge in [0.25, 0.3) is 0 Å². The molecule has 0 fully saturated rings. The summed E-state index contributed by atoms with van der Waals surface area (Å²) in [4.78, 5) is 3.98. The Morgan fingerprint density at radius 1 is 1.24 bits per heavy atom. The van der Waals surface area contributed by atoms with Crippen molar-refractivity contribution in [1.29, 1.82) is 0 Å². The van der Waals surface area contributed by atoms with Gasteiger partial charge < -0.3 is 16.2 Å². The summed E-state index contributed by atoms with van der Waals surface area (Å²) in [5.41, 5.74) is 9.29. The van der Waals surface area contributed by atoms with E-state index >= 15 is 0 Å². The van der Waals surface area contributed by atoms with E-state index in [0.29, 0.717) is 5.69 Å². The maximum atomic E-state index is 9.39. The van der Waals surface area contributed by atoms with Gasteiger partial charge in [0, 0.05) is 29.3 Å². The Labute approximate surface area is 100 Å². The average molecular weight is 229 g/mol. The number of aliphatic hydroxyl groups is 1. The highest BCUT2D eigenvalue weighted by Gasteiger charge is 2.06. The molecule has 1 aromatic carbocycles. The number of nitrogens with zero attached hydrogens (tertiary/aromatic N) is 1. The molecular formula is C13H15N3O. The second-order valence-corrected chi connectivity index (χ2v) is 3.86.